The van der Waals surface area contributed by atoms with Crippen LogP contribution in [0.25, 0.3) is 0 Å². The van der Waals surface area contributed by atoms with E-state index in [2.05, 4.69) is 20.9 Å². The zero-order valence-electron chi connectivity index (χ0n) is 15.4. The number of hydrogen-bond acceptors (Lipinski definition) is 6. The lowest BCUT2D eigenvalue weighted by atomic mass is 10.1. The average Bonchev–Trinajstić information content (AvgIpc) is 2.70. The number of rotatable bonds is 6. The van der Waals surface area contributed by atoms with Crippen LogP contribution in [-0.4, -0.2) is 33.9 Å². The normalized spacial score (nSPS) is 18.9. The summed E-state index contributed by atoms with van der Waals surface area (Å²) in [6.07, 6.45) is 0.902. The third kappa shape index (κ3) is 4.79. The van der Waals surface area contributed by atoms with E-state index in [0.29, 0.717) is 5.56 Å². The van der Waals surface area contributed by atoms with Crippen molar-refractivity contribution in [1.29, 1.82) is 0 Å². The molecule has 1 aromatic carbocycles. The first-order valence-corrected chi connectivity index (χ1v) is 9.03. The molecule has 28 heavy (non-hydrogen) atoms. The predicted octanol–water partition coefficient (Wildman–Crippen LogP) is 0.958. The van der Waals surface area contributed by atoms with Crippen LogP contribution >= 0.6 is 0 Å². The van der Waals surface area contributed by atoms with Crippen molar-refractivity contribution in [3.8, 4) is 0 Å². The van der Waals surface area contributed by atoms with Crippen molar-refractivity contribution in [3.63, 3.8) is 0 Å². The second-order valence-electron chi connectivity index (χ2n) is 6.66. The number of nitrogens with zero attached hydrogens (tertiary/aromatic N) is 1. The highest BCUT2D eigenvalue weighted by Crippen LogP contribution is 2.17. The maximum Gasteiger partial charge on any atom is 0.270 e. The molecule has 1 saturated heterocycles. The Kier molecular flexibility index (Phi) is 6.13. The van der Waals surface area contributed by atoms with Gasteiger partial charge in [0.05, 0.1) is 0 Å². The molecule has 2 aromatic rings. The number of amides is 3. The molecule has 146 valence electrons. The number of hydrogen-bond donors (Lipinski definition) is 4. The number of nitrogens with one attached hydrogen (secondary N) is 3. The van der Waals surface area contributed by atoms with Gasteiger partial charge in [-0.15, -0.1) is 0 Å². The molecule has 3 rings (SSSR count). The number of carbonyl (C=O) groups excluding carboxylic acids is 3. The summed E-state index contributed by atoms with van der Waals surface area (Å²) in [4.78, 5) is 39.2. The zero-order valence-corrected chi connectivity index (χ0v) is 15.4. The summed E-state index contributed by atoms with van der Waals surface area (Å²) in [5.41, 5.74) is 1.67. The summed E-state index contributed by atoms with van der Waals surface area (Å²) in [6, 6.07) is 12.0. The van der Waals surface area contributed by atoms with Gasteiger partial charge < -0.3 is 10.4 Å². The van der Waals surface area contributed by atoms with Crippen LogP contribution in [0.1, 0.15) is 53.7 Å². The van der Waals surface area contributed by atoms with Crippen LogP contribution < -0.4 is 16.0 Å². The minimum Gasteiger partial charge on any atom is -0.374 e. The summed E-state index contributed by atoms with van der Waals surface area (Å²) in [5.74, 6) is -1.37. The maximum atomic E-state index is 12.3. The standard InChI is InChI=1S/C20H22N4O4/c1-12(13-5-3-2-4-6-13)22-18(26)14-7-8-15(21-11-14)19(27)23-16-9-10-17(25)24-20(16)28/h2-8,11-12,16,18,22,26H,9-10H2,1H3,(H,23,27)(H,24,25,28). The molecule has 1 aromatic heterocycles. The lowest BCUT2D eigenvalue weighted by molar-refractivity contribution is -0.134. The molecular formula is C20H22N4O4. The number of carbonyl (C=O) groups is 3. The topological polar surface area (TPSA) is 120 Å². The van der Waals surface area contributed by atoms with Crippen molar-refractivity contribution in [2.24, 2.45) is 0 Å². The van der Waals surface area contributed by atoms with Gasteiger partial charge in [-0.05, 0) is 25.0 Å². The second-order valence-corrected chi connectivity index (χ2v) is 6.66. The van der Waals surface area contributed by atoms with E-state index in [1.807, 2.05) is 37.3 Å². The van der Waals surface area contributed by atoms with Gasteiger partial charge in [0.1, 0.15) is 18.0 Å². The third-order valence-corrected chi connectivity index (χ3v) is 4.59. The molecule has 3 amide bonds. The molecule has 0 saturated carbocycles. The Balaban J connectivity index is 1.58. The smallest absolute Gasteiger partial charge is 0.270 e. The van der Waals surface area contributed by atoms with Crippen molar-refractivity contribution in [2.45, 2.75) is 38.1 Å². The number of piperidine rings is 1. The van der Waals surface area contributed by atoms with Crippen LogP contribution in [0.5, 0.6) is 0 Å². The molecule has 0 spiro atoms. The lowest BCUT2D eigenvalue weighted by Crippen LogP contribution is -2.52. The van der Waals surface area contributed by atoms with Crippen LogP contribution in [0.15, 0.2) is 48.7 Å². The molecule has 2 heterocycles. The minimum absolute atomic E-state index is 0.0771. The Morgan fingerprint density at radius 3 is 2.57 bits per heavy atom. The summed E-state index contributed by atoms with van der Waals surface area (Å²) in [5, 5.41) is 18.2. The van der Waals surface area contributed by atoms with Crippen molar-refractivity contribution < 1.29 is 19.5 Å². The molecule has 3 unspecified atom stereocenters. The van der Waals surface area contributed by atoms with Crippen molar-refractivity contribution in [2.75, 3.05) is 0 Å². The molecular weight excluding hydrogens is 360 g/mol. The zero-order chi connectivity index (χ0) is 20.1. The fraction of sp³-hybridized carbons (Fsp3) is 0.300. The molecule has 4 N–H and O–H groups in total. The molecule has 8 heteroatoms. The summed E-state index contributed by atoms with van der Waals surface area (Å²) >= 11 is 0. The van der Waals surface area contributed by atoms with Gasteiger partial charge >= 0.3 is 0 Å². The van der Waals surface area contributed by atoms with Crippen LogP contribution in [0.4, 0.5) is 0 Å². The molecule has 0 bridgehead atoms. The number of imide groups is 1. The first kappa shape index (κ1) is 19.7. The highest BCUT2D eigenvalue weighted by Gasteiger charge is 2.28. The van der Waals surface area contributed by atoms with E-state index in [4.69, 9.17) is 0 Å². The fourth-order valence-electron chi connectivity index (χ4n) is 2.94. The Morgan fingerprint density at radius 2 is 1.93 bits per heavy atom. The molecule has 3 atom stereocenters. The van der Waals surface area contributed by atoms with Gasteiger partial charge in [0, 0.05) is 24.2 Å². The Morgan fingerprint density at radius 1 is 1.18 bits per heavy atom. The van der Waals surface area contributed by atoms with E-state index in [1.54, 1.807) is 6.07 Å². The minimum atomic E-state index is -0.949. The average molecular weight is 382 g/mol. The quantitative estimate of drug-likeness (QED) is 0.436. The Bertz CT molecular complexity index is 854. The summed E-state index contributed by atoms with van der Waals surface area (Å²) in [7, 11) is 0. The first-order valence-electron chi connectivity index (χ1n) is 9.03. The van der Waals surface area contributed by atoms with Crippen LogP contribution in [-0.2, 0) is 9.59 Å². The number of aliphatic hydroxyl groups is 1. The van der Waals surface area contributed by atoms with Crippen LogP contribution in [0, 0.1) is 0 Å². The van der Waals surface area contributed by atoms with E-state index < -0.39 is 24.1 Å². The molecule has 1 aliphatic rings. The first-order chi connectivity index (χ1) is 13.4. The van der Waals surface area contributed by atoms with Gasteiger partial charge in [0.15, 0.2) is 0 Å². The Labute approximate surface area is 162 Å². The maximum absolute atomic E-state index is 12.3. The van der Waals surface area contributed by atoms with E-state index >= 15 is 0 Å². The van der Waals surface area contributed by atoms with Gasteiger partial charge in [-0.1, -0.05) is 36.4 Å². The van der Waals surface area contributed by atoms with E-state index in [1.165, 1.54) is 12.3 Å². The van der Waals surface area contributed by atoms with E-state index in [0.717, 1.165) is 5.56 Å². The van der Waals surface area contributed by atoms with Gasteiger partial charge in [-0.3, -0.25) is 30.0 Å². The monoisotopic (exact) mass is 382 g/mol. The van der Waals surface area contributed by atoms with Gasteiger partial charge in [0.25, 0.3) is 5.91 Å². The summed E-state index contributed by atoms with van der Waals surface area (Å²) in [6.45, 7) is 1.94. The molecule has 0 aliphatic carbocycles. The van der Waals surface area contributed by atoms with Crippen LogP contribution in [0.2, 0.25) is 0 Å². The number of aliphatic hydroxyl groups excluding tert-OH is 1. The summed E-state index contributed by atoms with van der Waals surface area (Å²) < 4.78 is 0. The van der Waals surface area contributed by atoms with Crippen LogP contribution in [0.3, 0.4) is 0 Å². The molecule has 0 radical (unpaired) electrons. The Hall–Kier alpha value is -3.10. The second kappa shape index (κ2) is 8.73. The van der Waals surface area contributed by atoms with Crippen molar-refractivity contribution in [1.82, 2.24) is 20.9 Å². The van der Waals surface area contributed by atoms with Gasteiger partial charge in [-0.2, -0.15) is 0 Å². The van der Waals surface area contributed by atoms with E-state index in [-0.39, 0.29) is 30.5 Å². The highest BCUT2D eigenvalue weighted by molar-refractivity contribution is 6.03. The van der Waals surface area contributed by atoms with Gasteiger partial charge in [0.2, 0.25) is 11.8 Å². The fourth-order valence-corrected chi connectivity index (χ4v) is 2.94. The van der Waals surface area contributed by atoms with Crippen molar-refractivity contribution in [3.05, 3.63) is 65.5 Å². The molecule has 1 fully saturated rings. The molecule has 8 nitrogen and oxygen atoms in total. The largest absolute Gasteiger partial charge is 0.374 e. The third-order valence-electron chi connectivity index (χ3n) is 4.59. The lowest BCUT2D eigenvalue weighted by Gasteiger charge is -2.22. The van der Waals surface area contributed by atoms with Crippen molar-refractivity contribution >= 4 is 17.7 Å². The number of benzene rings is 1. The molecule has 1 aliphatic heterocycles. The van der Waals surface area contributed by atoms with Gasteiger partial charge in [-0.25, -0.2) is 0 Å². The van der Waals surface area contributed by atoms with E-state index in [9.17, 15) is 19.5 Å². The highest BCUT2D eigenvalue weighted by atomic mass is 16.3. The predicted molar refractivity (Wildman–Crippen MR) is 101 cm³/mol. The number of pyridine rings is 1. The SMILES string of the molecule is CC(NC(O)c1ccc(C(=O)NC2CCC(=O)NC2=O)nc1)c1ccccc1. The number of aromatic nitrogens is 1.